The fourth-order valence-electron chi connectivity index (χ4n) is 1.29. The molecule has 0 aliphatic rings. The number of pyridine rings is 2. The molecule has 2 aromatic heterocycles. The van der Waals surface area contributed by atoms with Gasteiger partial charge in [0.2, 0.25) is 0 Å². The van der Waals surface area contributed by atoms with Crippen molar-refractivity contribution in [2.24, 2.45) is 0 Å². The van der Waals surface area contributed by atoms with Crippen molar-refractivity contribution in [2.45, 2.75) is 9.79 Å². The second-order valence-corrected chi connectivity index (χ2v) is 5.21. The van der Waals surface area contributed by atoms with E-state index in [1.165, 1.54) is 7.69 Å². The van der Waals surface area contributed by atoms with E-state index in [1.54, 1.807) is 48.3 Å². The van der Waals surface area contributed by atoms with Crippen molar-refractivity contribution in [3.8, 4) is 11.5 Å². The maximum Gasteiger partial charge on any atom is 0.658 e. The van der Waals surface area contributed by atoms with Gasteiger partial charge in [-0.1, -0.05) is 0 Å². The van der Waals surface area contributed by atoms with Crippen molar-refractivity contribution in [1.29, 1.82) is 0 Å². The average Bonchev–Trinajstić information content (AvgIpc) is 2.48. The molecule has 97 valence electrons. The van der Waals surface area contributed by atoms with Gasteiger partial charge in [0.05, 0.1) is 12.4 Å². The lowest BCUT2D eigenvalue weighted by Crippen LogP contribution is -2.11. The predicted octanol–water partition coefficient (Wildman–Crippen LogP) is 2.91. The van der Waals surface area contributed by atoms with Crippen molar-refractivity contribution in [3.05, 3.63) is 36.9 Å². The third kappa shape index (κ3) is 4.36. The van der Waals surface area contributed by atoms with Crippen LogP contribution >= 0.6 is 23.5 Å². The Bertz CT molecular complexity index is 495. The normalized spacial score (nSPS) is 10.0. The standard InChI is InChI=1S/C12H12BN2O2S2/c1-18-11-3-9(5-14-7-11)16-13-17-10-4-12(19-2)8-15-6-10/h3-8H,1-2H3. The summed E-state index contributed by atoms with van der Waals surface area (Å²) in [5, 5.41) is 0. The predicted molar refractivity (Wildman–Crippen MR) is 79.0 cm³/mol. The van der Waals surface area contributed by atoms with Crippen LogP contribution in [-0.4, -0.2) is 30.2 Å². The smallest absolute Gasteiger partial charge is 0.525 e. The van der Waals surface area contributed by atoms with Gasteiger partial charge in [-0.05, 0) is 24.6 Å². The molecule has 0 unspecified atom stereocenters. The summed E-state index contributed by atoms with van der Waals surface area (Å²) >= 11 is 3.22. The molecule has 0 fully saturated rings. The van der Waals surface area contributed by atoms with E-state index in [0.717, 1.165) is 9.79 Å². The lowest BCUT2D eigenvalue weighted by molar-refractivity contribution is 0.455. The minimum absolute atomic E-state index is 0.640. The first-order chi connectivity index (χ1) is 9.31. The first-order valence-corrected chi connectivity index (χ1v) is 7.90. The van der Waals surface area contributed by atoms with Crippen LogP contribution in [0.1, 0.15) is 0 Å². The summed E-state index contributed by atoms with van der Waals surface area (Å²) < 4.78 is 10.7. The molecule has 7 heteroatoms. The molecular formula is C12H12BN2O2S2. The van der Waals surface area contributed by atoms with Crippen LogP contribution in [0.5, 0.6) is 11.5 Å². The fraction of sp³-hybridized carbons (Fsp3) is 0.167. The molecule has 0 atom stereocenters. The first kappa shape index (κ1) is 14.1. The highest BCUT2D eigenvalue weighted by Gasteiger charge is 2.04. The van der Waals surface area contributed by atoms with Crippen molar-refractivity contribution >= 4 is 31.2 Å². The Morgan fingerprint density at radius 2 is 1.32 bits per heavy atom. The maximum atomic E-state index is 5.37. The van der Waals surface area contributed by atoms with Crippen LogP contribution in [0.2, 0.25) is 0 Å². The molecule has 0 amide bonds. The number of aromatic nitrogens is 2. The quantitative estimate of drug-likeness (QED) is 0.602. The molecule has 0 saturated heterocycles. The van der Waals surface area contributed by atoms with Crippen LogP contribution in [0.25, 0.3) is 0 Å². The van der Waals surface area contributed by atoms with Crippen LogP contribution in [0.4, 0.5) is 0 Å². The second-order valence-electron chi connectivity index (χ2n) is 3.45. The monoisotopic (exact) mass is 291 g/mol. The van der Waals surface area contributed by atoms with Gasteiger partial charge in [0.15, 0.2) is 0 Å². The Morgan fingerprint density at radius 3 is 1.74 bits per heavy atom. The second kappa shape index (κ2) is 7.30. The molecule has 0 aromatic carbocycles. The summed E-state index contributed by atoms with van der Waals surface area (Å²) in [6.07, 6.45) is 10.8. The molecule has 0 saturated carbocycles. The lowest BCUT2D eigenvalue weighted by atomic mass is 10.3. The number of rotatable bonds is 6. The van der Waals surface area contributed by atoms with Gasteiger partial charge < -0.3 is 9.31 Å². The summed E-state index contributed by atoms with van der Waals surface area (Å²) in [5.41, 5.74) is 0. The van der Waals surface area contributed by atoms with Gasteiger partial charge in [0.1, 0.15) is 11.5 Å². The molecule has 0 N–H and O–H groups in total. The maximum absolute atomic E-state index is 5.37. The Hall–Kier alpha value is -1.34. The molecule has 2 heterocycles. The minimum atomic E-state index is 0.640. The zero-order chi connectivity index (χ0) is 13.5. The molecule has 4 nitrogen and oxygen atoms in total. The Kier molecular flexibility index (Phi) is 5.41. The van der Waals surface area contributed by atoms with Crippen molar-refractivity contribution in [3.63, 3.8) is 0 Å². The van der Waals surface area contributed by atoms with E-state index in [1.807, 2.05) is 24.6 Å². The zero-order valence-electron chi connectivity index (χ0n) is 10.6. The van der Waals surface area contributed by atoms with Crippen LogP contribution in [0, 0.1) is 0 Å². The summed E-state index contributed by atoms with van der Waals surface area (Å²) in [4.78, 5) is 10.2. The number of nitrogens with zero attached hydrogens (tertiary/aromatic N) is 2. The van der Waals surface area contributed by atoms with E-state index in [-0.39, 0.29) is 0 Å². The van der Waals surface area contributed by atoms with E-state index in [2.05, 4.69) is 9.97 Å². The molecule has 2 aromatic rings. The fourth-order valence-corrected chi connectivity index (χ4v) is 2.09. The van der Waals surface area contributed by atoms with E-state index in [9.17, 15) is 0 Å². The molecule has 0 aliphatic carbocycles. The highest BCUT2D eigenvalue weighted by atomic mass is 32.2. The van der Waals surface area contributed by atoms with E-state index in [4.69, 9.17) is 9.31 Å². The van der Waals surface area contributed by atoms with Crippen LogP contribution in [0.3, 0.4) is 0 Å². The largest absolute Gasteiger partial charge is 0.658 e. The van der Waals surface area contributed by atoms with E-state index >= 15 is 0 Å². The molecular weight excluding hydrogens is 279 g/mol. The average molecular weight is 291 g/mol. The van der Waals surface area contributed by atoms with Gasteiger partial charge in [-0.3, -0.25) is 9.97 Å². The van der Waals surface area contributed by atoms with Gasteiger partial charge in [-0.15, -0.1) is 23.5 Å². The first-order valence-electron chi connectivity index (χ1n) is 5.45. The van der Waals surface area contributed by atoms with Gasteiger partial charge in [-0.2, -0.15) is 0 Å². The van der Waals surface area contributed by atoms with Gasteiger partial charge in [-0.25, -0.2) is 0 Å². The molecule has 0 bridgehead atoms. The molecule has 0 aliphatic heterocycles. The Balaban J connectivity index is 1.88. The van der Waals surface area contributed by atoms with Gasteiger partial charge in [0, 0.05) is 22.2 Å². The van der Waals surface area contributed by atoms with E-state index in [0.29, 0.717) is 11.5 Å². The lowest BCUT2D eigenvalue weighted by Gasteiger charge is -2.07. The van der Waals surface area contributed by atoms with Crippen LogP contribution in [0.15, 0.2) is 46.7 Å². The van der Waals surface area contributed by atoms with Crippen LogP contribution in [-0.2, 0) is 0 Å². The molecule has 0 spiro atoms. The number of hydrogen-bond acceptors (Lipinski definition) is 6. The Morgan fingerprint density at radius 1 is 0.842 bits per heavy atom. The Labute approximate surface area is 121 Å². The van der Waals surface area contributed by atoms with Crippen LogP contribution < -0.4 is 9.31 Å². The van der Waals surface area contributed by atoms with Crippen molar-refractivity contribution < 1.29 is 9.31 Å². The number of thioether (sulfide) groups is 2. The van der Waals surface area contributed by atoms with Gasteiger partial charge >= 0.3 is 7.69 Å². The molecule has 2 rings (SSSR count). The zero-order valence-corrected chi connectivity index (χ0v) is 12.2. The number of hydrogen-bond donors (Lipinski definition) is 0. The van der Waals surface area contributed by atoms with Gasteiger partial charge in [0.25, 0.3) is 0 Å². The third-order valence-electron chi connectivity index (χ3n) is 2.22. The minimum Gasteiger partial charge on any atom is -0.525 e. The topological polar surface area (TPSA) is 44.2 Å². The summed E-state index contributed by atoms with van der Waals surface area (Å²) in [5.74, 6) is 1.28. The van der Waals surface area contributed by atoms with Crippen molar-refractivity contribution in [2.75, 3.05) is 12.5 Å². The highest BCUT2D eigenvalue weighted by molar-refractivity contribution is 7.98. The highest BCUT2D eigenvalue weighted by Crippen LogP contribution is 2.20. The summed E-state index contributed by atoms with van der Waals surface area (Å²) in [6, 6.07) is 3.79. The van der Waals surface area contributed by atoms with Crippen molar-refractivity contribution in [1.82, 2.24) is 9.97 Å². The SMILES string of the molecule is CSc1cncc(O[B]Oc2cncc(SC)c2)c1. The third-order valence-corrected chi connectivity index (χ3v) is 3.61. The summed E-state index contributed by atoms with van der Waals surface area (Å²) in [7, 11) is 1.28. The molecule has 19 heavy (non-hydrogen) atoms. The molecule has 1 radical (unpaired) electrons. The summed E-state index contributed by atoms with van der Waals surface area (Å²) in [6.45, 7) is 0. The van der Waals surface area contributed by atoms with E-state index < -0.39 is 0 Å².